The summed E-state index contributed by atoms with van der Waals surface area (Å²) in [5.41, 5.74) is 3.45. The second-order valence-corrected chi connectivity index (χ2v) is 14.9. The molecule has 17 nitrogen and oxygen atoms in total. The Labute approximate surface area is 333 Å². The van der Waals surface area contributed by atoms with E-state index in [1.165, 1.54) is 12.1 Å². The minimum Gasteiger partial charge on any atom is -0.496 e. The summed E-state index contributed by atoms with van der Waals surface area (Å²) < 4.78 is 21.3. The van der Waals surface area contributed by atoms with Crippen molar-refractivity contribution in [3.8, 4) is 28.4 Å². The average molecular weight is 790 g/mol. The fourth-order valence-corrected chi connectivity index (χ4v) is 7.94. The maximum absolute atomic E-state index is 13.2. The van der Waals surface area contributed by atoms with Gasteiger partial charge in [0.2, 0.25) is 11.8 Å². The Balaban J connectivity index is 0.910. The number of benzene rings is 2. The Hall–Kier alpha value is -6.62. The zero-order chi connectivity index (χ0) is 40.8. The third-order valence-corrected chi connectivity index (χ3v) is 11.1. The number of methoxy groups -OCH3 is 2. The number of aromatic nitrogens is 5. The van der Waals surface area contributed by atoms with Gasteiger partial charge in [0.05, 0.1) is 48.5 Å². The second-order valence-electron chi connectivity index (χ2n) is 14.9. The smallest absolute Gasteiger partial charge is 0.262 e. The number of carbonyl (C=O) groups is 4. The Morgan fingerprint density at radius 1 is 0.862 bits per heavy atom. The summed E-state index contributed by atoms with van der Waals surface area (Å²) in [5.74, 6) is 0.224. The molecule has 58 heavy (non-hydrogen) atoms. The molecule has 2 fully saturated rings. The standard InChI is InChI=1S/C41H43N9O8/c1-46(2)36-17-28-30(18-42-36)39(53)47(3)20-31(28)23-14-34(56-4)32(35(15-23)57-5)21-48-12-10-25(11-13-48)49-19-24(44-45-49)22-58-26-6-7-27-29(16-26)41(55)50(40(27)54)33-8-9-37(51)43-38(33)52/h6-7,14-20,25,33H,8-13,21-22H2,1-5H3,(H,43,51,52). The second kappa shape index (κ2) is 15.4. The van der Waals surface area contributed by atoms with Gasteiger partial charge < -0.3 is 23.7 Å². The molecule has 3 aliphatic heterocycles. The Kier molecular flexibility index (Phi) is 10.1. The molecule has 1 unspecified atom stereocenters. The highest BCUT2D eigenvalue weighted by Crippen LogP contribution is 2.39. The summed E-state index contributed by atoms with van der Waals surface area (Å²) in [6.07, 6.45) is 7.13. The number of piperidine rings is 2. The van der Waals surface area contributed by atoms with Gasteiger partial charge in [-0.25, -0.2) is 9.67 Å². The van der Waals surface area contributed by atoms with Gasteiger partial charge >= 0.3 is 0 Å². The van der Waals surface area contributed by atoms with Crippen LogP contribution in [0, 0.1) is 0 Å². The number of likely N-dealkylation sites (tertiary alicyclic amines) is 1. The Bertz CT molecular complexity index is 2510. The Morgan fingerprint density at radius 2 is 1.59 bits per heavy atom. The van der Waals surface area contributed by atoms with E-state index in [4.69, 9.17) is 14.2 Å². The number of imide groups is 2. The molecule has 0 aliphatic carbocycles. The van der Waals surface area contributed by atoms with Gasteiger partial charge in [-0.15, -0.1) is 5.10 Å². The van der Waals surface area contributed by atoms with Crippen LogP contribution in [0.1, 0.15) is 63.7 Å². The fourth-order valence-electron chi connectivity index (χ4n) is 7.94. The number of pyridine rings is 2. The molecular weight excluding hydrogens is 747 g/mol. The van der Waals surface area contributed by atoms with Crippen LogP contribution < -0.4 is 30.0 Å². The zero-order valence-electron chi connectivity index (χ0n) is 32.9. The number of amides is 4. The number of anilines is 1. The first kappa shape index (κ1) is 38.3. The lowest BCUT2D eigenvalue weighted by Crippen LogP contribution is -2.54. The first-order chi connectivity index (χ1) is 27.9. The fraction of sp³-hybridized carbons (Fsp3) is 0.366. The van der Waals surface area contributed by atoms with Crippen molar-refractivity contribution in [2.75, 3.05) is 46.3 Å². The largest absolute Gasteiger partial charge is 0.496 e. The van der Waals surface area contributed by atoms with Crippen LogP contribution in [-0.2, 0) is 29.8 Å². The van der Waals surface area contributed by atoms with Crippen LogP contribution in [0.3, 0.4) is 0 Å². The first-order valence-corrected chi connectivity index (χ1v) is 19.0. The van der Waals surface area contributed by atoms with Gasteiger partial charge in [0.15, 0.2) is 0 Å². The van der Waals surface area contributed by atoms with E-state index in [0.717, 1.165) is 58.7 Å². The quantitative estimate of drug-likeness (QED) is 0.193. The molecule has 300 valence electrons. The SMILES string of the molecule is COc1cc(-c2cn(C)c(=O)c3cnc(N(C)C)cc23)cc(OC)c1CN1CCC(n2cc(COc3ccc4c(c3)C(=O)N(C3CCC(=O)NC3=O)C4=O)nn2)CC1. The van der Waals surface area contributed by atoms with E-state index in [1.54, 1.807) is 38.1 Å². The average Bonchev–Trinajstić information content (AvgIpc) is 3.80. The lowest BCUT2D eigenvalue weighted by molar-refractivity contribution is -0.136. The van der Waals surface area contributed by atoms with Crippen molar-refractivity contribution in [2.24, 2.45) is 7.05 Å². The molecule has 0 spiro atoms. The van der Waals surface area contributed by atoms with Crippen LogP contribution in [0.2, 0.25) is 0 Å². The van der Waals surface area contributed by atoms with Crippen molar-refractivity contribution in [3.63, 3.8) is 0 Å². The molecule has 1 N–H and O–H groups in total. The van der Waals surface area contributed by atoms with Gasteiger partial charge in [0, 0.05) is 70.5 Å². The van der Waals surface area contributed by atoms with Crippen LogP contribution in [0.25, 0.3) is 21.9 Å². The molecule has 3 aromatic heterocycles. The molecule has 4 amide bonds. The van der Waals surface area contributed by atoms with Gasteiger partial charge in [0.1, 0.15) is 41.4 Å². The monoisotopic (exact) mass is 789 g/mol. The van der Waals surface area contributed by atoms with Crippen LogP contribution >= 0.6 is 0 Å². The molecule has 1 atom stereocenters. The number of nitrogens with zero attached hydrogens (tertiary/aromatic N) is 8. The number of hydrogen-bond acceptors (Lipinski definition) is 13. The molecule has 5 aromatic rings. The van der Waals surface area contributed by atoms with Crippen molar-refractivity contribution in [1.82, 2.24) is 39.7 Å². The maximum atomic E-state index is 13.2. The molecule has 2 aromatic carbocycles. The predicted molar refractivity (Wildman–Crippen MR) is 211 cm³/mol. The highest BCUT2D eigenvalue weighted by Gasteiger charge is 2.44. The molecule has 0 saturated carbocycles. The van der Waals surface area contributed by atoms with E-state index in [2.05, 4.69) is 25.5 Å². The van der Waals surface area contributed by atoms with E-state index in [9.17, 15) is 24.0 Å². The minimum atomic E-state index is -1.04. The van der Waals surface area contributed by atoms with Crippen LogP contribution in [0.15, 0.2) is 59.8 Å². The van der Waals surface area contributed by atoms with Crippen molar-refractivity contribution in [3.05, 3.63) is 87.7 Å². The number of nitrogens with one attached hydrogen (secondary N) is 1. The number of ether oxygens (including phenoxy) is 3. The predicted octanol–water partition coefficient (Wildman–Crippen LogP) is 3.09. The molecule has 0 bridgehead atoms. The summed E-state index contributed by atoms with van der Waals surface area (Å²) >= 11 is 0. The summed E-state index contributed by atoms with van der Waals surface area (Å²) in [6, 6.07) is 9.61. The summed E-state index contributed by atoms with van der Waals surface area (Å²) in [4.78, 5) is 72.9. The molecule has 6 heterocycles. The van der Waals surface area contributed by atoms with Gasteiger partial charge in [0.25, 0.3) is 17.4 Å². The van der Waals surface area contributed by atoms with E-state index in [1.807, 2.05) is 54.3 Å². The van der Waals surface area contributed by atoms with E-state index < -0.39 is 29.7 Å². The van der Waals surface area contributed by atoms with Gasteiger partial charge in [-0.2, -0.15) is 0 Å². The van der Waals surface area contributed by atoms with Crippen molar-refractivity contribution >= 4 is 40.2 Å². The van der Waals surface area contributed by atoms with Crippen molar-refractivity contribution < 1.29 is 33.4 Å². The molecule has 3 aliphatic rings. The molecule has 0 radical (unpaired) electrons. The van der Waals surface area contributed by atoms with Gasteiger partial charge in [-0.3, -0.25) is 39.1 Å². The van der Waals surface area contributed by atoms with E-state index >= 15 is 0 Å². The highest BCUT2D eigenvalue weighted by atomic mass is 16.5. The van der Waals surface area contributed by atoms with E-state index in [-0.39, 0.29) is 42.2 Å². The molecule has 2 saturated heterocycles. The van der Waals surface area contributed by atoms with Crippen LogP contribution in [0.4, 0.5) is 5.82 Å². The van der Waals surface area contributed by atoms with Crippen LogP contribution in [-0.4, -0.2) is 105 Å². The van der Waals surface area contributed by atoms with Crippen molar-refractivity contribution in [2.45, 2.75) is 50.9 Å². The third-order valence-electron chi connectivity index (χ3n) is 11.1. The number of aryl methyl sites for hydroxylation is 1. The summed E-state index contributed by atoms with van der Waals surface area (Å²) in [6.45, 7) is 2.30. The highest BCUT2D eigenvalue weighted by molar-refractivity contribution is 6.23. The normalized spacial score (nSPS) is 17.5. The minimum absolute atomic E-state index is 0.0494. The van der Waals surface area contributed by atoms with Gasteiger partial charge in [-0.1, -0.05) is 5.21 Å². The maximum Gasteiger partial charge on any atom is 0.262 e. The van der Waals surface area contributed by atoms with Crippen LogP contribution in [0.5, 0.6) is 17.2 Å². The van der Waals surface area contributed by atoms with Crippen molar-refractivity contribution in [1.29, 1.82) is 0 Å². The number of hydrogen-bond donors (Lipinski definition) is 1. The third kappa shape index (κ3) is 7.01. The summed E-state index contributed by atoms with van der Waals surface area (Å²) in [5, 5.41) is 12.2. The van der Waals surface area contributed by atoms with E-state index in [0.29, 0.717) is 34.9 Å². The first-order valence-electron chi connectivity index (χ1n) is 19.0. The lowest BCUT2D eigenvalue weighted by Gasteiger charge is -2.32. The number of carbonyl (C=O) groups excluding carboxylic acids is 4. The van der Waals surface area contributed by atoms with Gasteiger partial charge in [-0.05, 0) is 61.2 Å². The number of rotatable bonds is 11. The molecule has 8 rings (SSSR count). The summed E-state index contributed by atoms with van der Waals surface area (Å²) in [7, 11) is 8.85. The molecule has 17 heteroatoms. The lowest BCUT2D eigenvalue weighted by atomic mass is 9.98. The zero-order valence-corrected chi connectivity index (χ0v) is 32.9. The topological polar surface area (TPSA) is 183 Å². The molecular formula is C41H43N9O8. The Morgan fingerprint density at radius 3 is 2.28 bits per heavy atom. The number of fused-ring (bicyclic) bond motifs is 2.